The Hall–Kier alpha value is -4.11. The molecular formula is C33H34F2N8OS3. The highest BCUT2D eigenvalue weighted by Crippen LogP contribution is 2.39. The number of aryl methyl sites for hydroxylation is 1. The molecule has 0 radical (unpaired) electrons. The highest BCUT2D eigenvalue weighted by Gasteiger charge is 2.21. The fraction of sp³-hybridized carbons (Fsp3) is 0.242. The maximum Gasteiger partial charge on any atom is 0.227 e. The van der Waals surface area contributed by atoms with Crippen molar-refractivity contribution in [3.05, 3.63) is 84.1 Å². The number of thioether (sulfide) groups is 1. The van der Waals surface area contributed by atoms with Crippen LogP contribution in [0.15, 0.2) is 71.8 Å². The minimum absolute atomic E-state index is 0.115. The third kappa shape index (κ3) is 7.73. The molecule has 0 bridgehead atoms. The molecule has 1 aliphatic heterocycles. The van der Waals surface area contributed by atoms with E-state index in [1.54, 1.807) is 24.4 Å². The Morgan fingerprint density at radius 3 is 2.53 bits per heavy atom. The second kappa shape index (κ2) is 14.8. The van der Waals surface area contributed by atoms with Crippen LogP contribution in [0, 0.1) is 18.6 Å². The number of nitrogens with one attached hydrogen (secondary N) is 2. The van der Waals surface area contributed by atoms with Crippen LogP contribution >= 0.6 is 35.0 Å². The first-order chi connectivity index (χ1) is 22.8. The molecular weight excluding hydrogens is 659 g/mol. The van der Waals surface area contributed by atoms with Crippen molar-refractivity contribution in [3.8, 4) is 27.6 Å². The lowest BCUT2D eigenvalue weighted by Crippen LogP contribution is -2.47. The average molecular weight is 693 g/mol. The van der Waals surface area contributed by atoms with Gasteiger partial charge in [-0.1, -0.05) is 29.5 Å². The van der Waals surface area contributed by atoms with E-state index in [2.05, 4.69) is 36.1 Å². The number of piperazine rings is 1. The van der Waals surface area contributed by atoms with Gasteiger partial charge in [-0.25, -0.2) is 23.7 Å². The summed E-state index contributed by atoms with van der Waals surface area (Å²) < 4.78 is 31.3. The molecule has 0 atom stereocenters. The van der Waals surface area contributed by atoms with E-state index < -0.39 is 11.6 Å². The van der Waals surface area contributed by atoms with Crippen molar-refractivity contribution in [2.75, 3.05) is 65.4 Å². The van der Waals surface area contributed by atoms with E-state index in [0.29, 0.717) is 33.8 Å². The number of benzene rings is 3. The molecule has 14 heteroatoms. The van der Waals surface area contributed by atoms with Gasteiger partial charge in [-0.05, 0) is 67.1 Å². The van der Waals surface area contributed by atoms with Gasteiger partial charge < -0.3 is 25.8 Å². The average Bonchev–Trinajstić information content (AvgIpc) is 3.47. The van der Waals surface area contributed by atoms with Crippen molar-refractivity contribution in [3.63, 3.8) is 0 Å². The van der Waals surface area contributed by atoms with Crippen LogP contribution in [-0.2, 0) is 0 Å². The van der Waals surface area contributed by atoms with E-state index >= 15 is 0 Å². The number of rotatable bonds is 11. The molecule has 5 N–H and O–H groups in total. The normalized spacial score (nSPS) is 13.6. The molecule has 6 rings (SSSR count). The van der Waals surface area contributed by atoms with E-state index in [1.165, 1.54) is 29.5 Å². The molecule has 0 saturated carbocycles. The first-order valence-electron chi connectivity index (χ1n) is 14.9. The van der Waals surface area contributed by atoms with Gasteiger partial charge in [-0.3, -0.25) is 4.90 Å². The minimum Gasteiger partial charge on any atom is -0.506 e. The van der Waals surface area contributed by atoms with Gasteiger partial charge in [0.25, 0.3) is 0 Å². The third-order valence-electron chi connectivity index (χ3n) is 7.74. The van der Waals surface area contributed by atoms with Crippen LogP contribution in [0.2, 0.25) is 0 Å². The number of aromatic nitrogens is 3. The smallest absolute Gasteiger partial charge is 0.227 e. The molecule has 5 aromatic rings. The Morgan fingerprint density at radius 2 is 1.77 bits per heavy atom. The topological polar surface area (TPSA) is 115 Å². The van der Waals surface area contributed by atoms with E-state index in [0.717, 1.165) is 72.1 Å². The van der Waals surface area contributed by atoms with Crippen LogP contribution in [-0.4, -0.2) is 69.7 Å². The molecule has 1 fully saturated rings. The summed E-state index contributed by atoms with van der Waals surface area (Å²) in [6, 6.07) is 16.6. The van der Waals surface area contributed by atoms with Gasteiger partial charge in [0.05, 0.1) is 26.8 Å². The lowest BCUT2D eigenvalue weighted by atomic mass is 10.1. The van der Waals surface area contributed by atoms with Crippen LogP contribution in [0.1, 0.15) is 5.56 Å². The van der Waals surface area contributed by atoms with Crippen LogP contribution in [0.3, 0.4) is 0 Å². The highest BCUT2D eigenvalue weighted by molar-refractivity contribution is 8.00. The maximum atomic E-state index is 14.1. The number of halogens is 2. The quantitative estimate of drug-likeness (QED) is 0.0816. The van der Waals surface area contributed by atoms with E-state index in [1.807, 2.05) is 43.0 Å². The lowest BCUT2D eigenvalue weighted by molar-refractivity contribution is 0.273. The summed E-state index contributed by atoms with van der Waals surface area (Å²) in [5.74, 6) is 0.272. The van der Waals surface area contributed by atoms with E-state index in [-0.39, 0.29) is 10.6 Å². The lowest BCUT2D eigenvalue weighted by Gasteiger charge is -2.37. The number of anilines is 5. The second-order valence-electron chi connectivity index (χ2n) is 10.9. The van der Waals surface area contributed by atoms with Gasteiger partial charge in [0.15, 0.2) is 5.13 Å². The van der Waals surface area contributed by atoms with Gasteiger partial charge in [-0.15, -0.1) is 0 Å². The summed E-state index contributed by atoms with van der Waals surface area (Å²) >= 11 is 4.01. The Morgan fingerprint density at radius 1 is 1.00 bits per heavy atom. The molecule has 0 spiro atoms. The number of phenols is 1. The molecule has 1 saturated heterocycles. The number of nitrogen functional groups attached to an aromatic ring is 1. The summed E-state index contributed by atoms with van der Waals surface area (Å²) in [4.78, 5) is 19.1. The number of aromatic hydroxyl groups is 1. The van der Waals surface area contributed by atoms with Crippen LogP contribution in [0.5, 0.6) is 5.75 Å². The Bertz CT molecular complexity index is 1850. The molecule has 3 aromatic carbocycles. The fourth-order valence-electron chi connectivity index (χ4n) is 5.35. The fourth-order valence-corrected chi connectivity index (χ4v) is 7.29. The number of nitrogens with zero attached hydrogens (tertiary/aromatic N) is 5. The standard InChI is InChI=1S/C33H34F2N8OS3/c1-20-17-26(28(44)19-27(20)43-13-11-42(12-14-43)15-16-45-2)39-33-37-10-9-25(38-33)31-29(40-32(36)46-31)21-5-3-6-22(18-21)41-47-30-23(34)7-4-8-24(30)35/h3-10,17-19,41,44H,11-16H2,1-2H3,(H2,36,40)(H,37,38,39). The third-order valence-corrected chi connectivity index (χ3v) is 10.2. The molecule has 1 aliphatic rings. The number of nitrogens with two attached hydrogens (primary N) is 1. The first-order valence-corrected chi connectivity index (χ1v) is 18.0. The Balaban J connectivity index is 1.19. The molecule has 0 unspecified atom stereocenters. The van der Waals surface area contributed by atoms with Crippen molar-refractivity contribution in [2.45, 2.75) is 11.8 Å². The predicted molar refractivity (Wildman–Crippen MR) is 192 cm³/mol. The van der Waals surface area contributed by atoms with Crippen molar-refractivity contribution < 1.29 is 13.9 Å². The Kier molecular flexibility index (Phi) is 10.3. The molecule has 47 heavy (non-hydrogen) atoms. The minimum atomic E-state index is -0.642. The number of phenolic OH excluding ortho intramolecular Hbond substituents is 1. The predicted octanol–water partition coefficient (Wildman–Crippen LogP) is 7.49. The molecule has 2 aromatic heterocycles. The summed E-state index contributed by atoms with van der Waals surface area (Å²) in [7, 11) is 0. The van der Waals surface area contributed by atoms with Gasteiger partial charge >= 0.3 is 0 Å². The van der Waals surface area contributed by atoms with Crippen LogP contribution in [0.25, 0.3) is 21.8 Å². The van der Waals surface area contributed by atoms with Gasteiger partial charge in [0, 0.05) is 67.7 Å². The second-order valence-corrected chi connectivity index (χ2v) is 13.8. The highest BCUT2D eigenvalue weighted by atomic mass is 32.2. The molecule has 0 amide bonds. The maximum absolute atomic E-state index is 14.1. The Labute approximate surface area is 284 Å². The van der Waals surface area contributed by atoms with Gasteiger partial charge in [0.2, 0.25) is 5.95 Å². The number of hydrogen-bond acceptors (Lipinski definition) is 12. The first kappa shape index (κ1) is 32.8. The monoisotopic (exact) mass is 692 g/mol. The summed E-state index contributed by atoms with van der Waals surface area (Å²) in [6.07, 6.45) is 3.77. The van der Waals surface area contributed by atoms with E-state index in [9.17, 15) is 13.9 Å². The molecule has 9 nitrogen and oxygen atoms in total. The summed E-state index contributed by atoms with van der Waals surface area (Å²) in [5.41, 5.74) is 11.3. The van der Waals surface area contributed by atoms with Crippen LogP contribution < -0.4 is 20.7 Å². The zero-order valence-corrected chi connectivity index (χ0v) is 28.3. The van der Waals surface area contributed by atoms with E-state index in [4.69, 9.17) is 10.7 Å². The van der Waals surface area contributed by atoms with Crippen molar-refractivity contribution >= 4 is 63.2 Å². The largest absolute Gasteiger partial charge is 0.506 e. The molecule has 3 heterocycles. The number of thiazole rings is 1. The summed E-state index contributed by atoms with van der Waals surface area (Å²) in [6.45, 7) is 6.96. The van der Waals surface area contributed by atoms with Gasteiger partial charge in [0.1, 0.15) is 17.4 Å². The zero-order chi connectivity index (χ0) is 32.9. The number of hydrogen-bond donors (Lipinski definition) is 4. The van der Waals surface area contributed by atoms with Crippen molar-refractivity contribution in [1.29, 1.82) is 0 Å². The zero-order valence-electron chi connectivity index (χ0n) is 25.8. The van der Waals surface area contributed by atoms with Crippen LogP contribution in [0.4, 0.5) is 36.9 Å². The SMILES string of the molecule is CSCCN1CCN(c2cc(O)c(Nc3nccc(-c4sc(N)nc4-c4cccc(NSc5c(F)cccc5F)c4)n3)cc2C)CC1. The molecule has 0 aliphatic carbocycles. The summed E-state index contributed by atoms with van der Waals surface area (Å²) in [5, 5.41) is 14.5. The molecule has 244 valence electrons. The van der Waals surface area contributed by atoms with Crippen molar-refractivity contribution in [1.82, 2.24) is 19.9 Å². The van der Waals surface area contributed by atoms with Crippen molar-refractivity contribution in [2.24, 2.45) is 0 Å². The van der Waals surface area contributed by atoms with Gasteiger partial charge in [-0.2, -0.15) is 11.8 Å².